The van der Waals surface area contributed by atoms with E-state index >= 15 is 0 Å². The molecule has 1 aromatic rings. The quantitative estimate of drug-likeness (QED) is 0.888. The van der Waals surface area contributed by atoms with Crippen LogP contribution in [0.15, 0.2) is 6.07 Å². The Labute approximate surface area is 101 Å². The van der Waals surface area contributed by atoms with E-state index in [0.717, 1.165) is 5.56 Å². The van der Waals surface area contributed by atoms with Gasteiger partial charge in [-0.15, -0.1) is 0 Å². The molecule has 0 fully saturated rings. The van der Waals surface area contributed by atoms with Crippen molar-refractivity contribution >= 4 is 11.6 Å². The molecule has 1 aromatic carbocycles. The monoisotopic (exact) mass is 245 g/mol. The summed E-state index contributed by atoms with van der Waals surface area (Å²) < 4.78 is 18.8. The molecule has 0 atom stereocenters. The molecule has 0 heterocycles. The molecule has 0 amide bonds. The normalized spacial score (nSPS) is 11.7. The Hall–Kier alpha value is -0.800. The van der Waals surface area contributed by atoms with Gasteiger partial charge in [0.1, 0.15) is 11.6 Å². The van der Waals surface area contributed by atoms with E-state index < -0.39 is 11.4 Å². The van der Waals surface area contributed by atoms with Crippen LogP contribution in [0.25, 0.3) is 0 Å². The lowest BCUT2D eigenvalue weighted by Gasteiger charge is -2.22. The Morgan fingerprint density at radius 1 is 1.50 bits per heavy atom. The lowest BCUT2D eigenvalue weighted by Crippen LogP contribution is -2.34. The molecule has 2 nitrogen and oxygen atoms in total. The Balaban J connectivity index is 3.33. The van der Waals surface area contributed by atoms with Crippen LogP contribution >= 0.6 is 11.6 Å². The van der Waals surface area contributed by atoms with Gasteiger partial charge in [-0.25, -0.2) is 4.39 Å². The highest BCUT2D eigenvalue weighted by molar-refractivity contribution is 6.31. The smallest absolute Gasteiger partial charge is 0.142 e. The molecule has 1 rings (SSSR count). The first kappa shape index (κ1) is 13.3. The molecule has 0 saturated heterocycles. The molecule has 0 unspecified atom stereocenters. The average Bonchev–Trinajstić information content (AvgIpc) is 2.12. The number of aryl methyl sites for hydroxylation is 1. The summed E-state index contributed by atoms with van der Waals surface area (Å²) in [7, 11) is 1.55. The third kappa shape index (κ3) is 2.86. The predicted octanol–water partition coefficient (Wildman–Crippen LogP) is 3.08. The van der Waals surface area contributed by atoms with Crippen LogP contribution in [0.2, 0.25) is 5.02 Å². The second-order valence-electron chi connectivity index (χ2n) is 4.67. The third-order valence-electron chi connectivity index (χ3n) is 2.29. The number of hydrogen-bond acceptors (Lipinski definition) is 2. The number of rotatable bonds is 3. The maximum Gasteiger partial charge on any atom is 0.142 e. The fourth-order valence-corrected chi connectivity index (χ4v) is 1.91. The van der Waals surface area contributed by atoms with E-state index in [1.54, 1.807) is 14.0 Å². The second kappa shape index (κ2) is 4.60. The summed E-state index contributed by atoms with van der Waals surface area (Å²) in [6.07, 6.45) is 0.466. The van der Waals surface area contributed by atoms with Crippen LogP contribution in [0.3, 0.4) is 0 Å². The van der Waals surface area contributed by atoms with Crippen molar-refractivity contribution in [3.63, 3.8) is 0 Å². The standard InChI is InChI=1S/C12H17ClFNO/c1-7-5-9(14)10(13)8(11(7)16-4)6-12(2,3)15/h5H,6,15H2,1-4H3. The van der Waals surface area contributed by atoms with Crippen molar-refractivity contribution in [3.8, 4) is 5.75 Å². The predicted molar refractivity (Wildman–Crippen MR) is 64.7 cm³/mol. The molecule has 4 heteroatoms. The third-order valence-corrected chi connectivity index (χ3v) is 2.70. The molecule has 0 saturated carbocycles. The van der Waals surface area contributed by atoms with Gasteiger partial charge in [0.25, 0.3) is 0 Å². The van der Waals surface area contributed by atoms with Gasteiger partial charge in [0.2, 0.25) is 0 Å². The molecule has 16 heavy (non-hydrogen) atoms. The molecule has 0 aliphatic carbocycles. The Morgan fingerprint density at radius 2 is 2.06 bits per heavy atom. The van der Waals surface area contributed by atoms with Gasteiger partial charge in [-0.1, -0.05) is 11.6 Å². The van der Waals surface area contributed by atoms with Gasteiger partial charge >= 0.3 is 0 Å². The van der Waals surface area contributed by atoms with Gasteiger partial charge in [-0.2, -0.15) is 0 Å². The summed E-state index contributed by atoms with van der Waals surface area (Å²) in [5.41, 5.74) is 6.82. The number of hydrogen-bond donors (Lipinski definition) is 1. The largest absolute Gasteiger partial charge is 0.496 e. The lowest BCUT2D eigenvalue weighted by molar-refractivity contribution is 0.397. The maximum atomic E-state index is 13.5. The lowest BCUT2D eigenvalue weighted by atomic mass is 9.94. The van der Waals surface area contributed by atoms with Crippen molar-refractivity contribution in [2.24, 2.45) is 5.73 Å². The summed E-state index contributed by atoms with van der Waals surface area (Å²) in [6.45, 7) is 5.51. The van der Waals surface area contributed by atoms with Gasteiger partial charge in [0.05, 0.1) is 12.1 Å². The fraction of sp³-hybridized carbons (Fsp3) is 0.500. The summed E-state index contributed by atoms with van der Waals surface area (Å²) in [4.78, 5) is 0. The first-order valence-corrected chi connectivity index (χ1v) is 5.44. The molecule has 90 valence electrons. The van der Waals surface area contributed by atoms with Gasteiger partial charge in [-0.3, -0.25) is 0 Å². The summed E-state index contributed by atoms with van der Waals surface area (Å²) in [5, 5.41) is 0.0981. The van der Waals surface area contributed by atoms with Crippen molar-refractivity contribution in [2.75, 3.05) is 7.11 Å². The van der Waals surface area contributed by atoms with Gasteiger partial charge in [-0.05, 0) is 38.8 Å². The van der Waals surface area contributed by atoms with Crippen molar-refractivity contribution in [3.05, 3.63) is 28.0 Å². The Bertz CT molecular complexity index is 399. The Kier molecular flexibility index (Phi) is 3.81. The molecular weight excluding hydrogens is 229 g/mol. The van der Waals surface area contributed by atoms with Gasteiger partial charge in [0, 0.05) is 11.1 Å². The SMILES string of the molecule is COc1c(C)cc(F)c(Cl)c1CC(C)(C)N. The number of halogens is 2. The van der Waals surface area contributed by atoms with E-state index in [9.17, 15) is 4.39 Å². The fourth-order valence-electron chi connectivity index (χ4n) is 1.70. The maximum absolute atomic E-state index is 13.5. The number of ether oxygens (including phenoxy) is 1. The van der Waals surface area contributed by atoms with Crippen molar-refractivity contribution in [1.82, 2.24) is 0 Å². The van der Waals surface area contributed by atoms with Gasteiger partial charge < -0.3 is 10.5 Å². The van der Waals surface area contributed by atoms with Crippen molar-refractivity contribution in [2.45, 2.75) is 32.7 Å². The number of nitrogens with two attached hydrogens (primary N) is 1. The Morgan fingerprint density at radius 3 is 2.50 bits per heavy atom. The van der Waals surface area contributed by atoms with Gasteiger partial charge in [0.15, 0.2) is 0 Å². The first-order chi connectivity index (χ1) is 7.26. The van der Waals surface area contributed by atoms with Crippen LogP contribution in [0.5, 0.6) is 5.75 Å². The zero-order chi connectivity index (χ0) is 12.5. The molecular formula is C12H17ClFNO. The van der Waals surface area contributed by atoms with E-state index in [1.165, 1.54) is 6.07 Å². The van der Waals surface area contributed by atoms with Crippen LogP contribution in [-0.4, -0.2) is 12.6 Å². The summed E-state index contributed by atoms with van der Waals surface area (Å²) >= 11 is 5.94. The minimum atomic E-state index is -0.461. The first-order valence-electron chi connectivity index (χ1n) is 5.06. The molecule has 0 spiro atoms. The second-order valence-corrected chi connectivity index (χ2v) is 5.04. The minimum Gasteiger partial charge on any atom is -0.496 e. The highest BCUT2D eigenvalue weighted by Crippen LogP contribution is 2.34. The minimum absolute atomic E-state index is 0.0981. The molecule has 0 aliphatic rings. The molecule has 2 N–H and O–H groups in total. The summed E-state index contributed by atoms with van der Waals surface area (Å²) in [6, 6.07) is 1.37. The van der Waals surface area contributed by atoms with E-state index in [2.05, 4.69) is 0 Å². The summed E-state index contributed by atoms with van der Waals surface area (Å²) in [5.74, 6) is 0.184. The van der Waals surface area contributed by atoms with Crippen LogP contribution in [0.4, 0.5) is 4.39 Å². The van der Waals surface area contributed by atoms with Crippen LogP contribution in [-0.2, 0) is 6.42 Å². The number of methoxy groups -OCH3 is 1. The molecule has 0 bridgehead atoms. The topological polar surface area (TPSA) is 35.2 Å². The van der Waals surface area contributed by atoms with Crippen LogP contribution < -0.4 is 10.5 Å². The van der Waals surface area contributed by atoms with E-state index in [-0.39, 0.29) is 5.02 Å². The van der Waals surface area contributed by atoms with Crippen molar-refractivity contribution < 1.29 is 9.13 Å². The van der Waals surface area contributed by atoms with E-state index in [1.807, 2.05) is 13.8 Å². The zero-order valence-corrected chi connectivity index (χ0v) is 10.8. The molecule has 0 aliphatic heterocycles. The molecule has 0 aromatic heterocycles. The number of benzene rings is 1. The highest BCUT2D eigenvalue weighted by atomic mass is 35.5. The zero-order valence-electron chi connectivity index (χ0n) is 10.0. The highest BCUT2D eigenvalue weighted by Gasteiger charge is 2.21. The molecule has 0 radical (unpaired) electrons. The van der Waals surface area contributed by atoms with E-state index in [0.29, 0.717) is 17.7 Å². The van der Waals surface area contributed by atoms with Crippen molar-refractivity contribution in [1.29, 1.82) is 0 Å². The van der Waals surface area contributed by atoms with E-state index in [4.69, 9.17) is 22.1 Å². The average molecular weight is 246 g/mol. The van der Waals surface area contributed by atoms with Crippen LogP contribution in [0.1, 0.15) is 25.0 Å². The van der Waals surface area contributed by atoms with Crippen LogP contribution in [0, 0.1) is 12.7 Å².